The molecule has 4 rings (SSSR count). The molecule has 0 atom stereocenters. The Bertz CT molecular complexity index is 1260. The van der Waals surface area contributed by atoms with E-state index in [2.05, 4.69) is 30.5 Å². The zero-order chi connectivity index (χ0) is 21.1. The molecule has 30 heavy (non-hydrogen) atoms. The van der Waals surface area contributed by atoms with Gasteiger partial charge in [0, 0.05) is 36.4 Å². The second-order valence-corrected chi connectivity index (χ2v) is 6.21. The van der Waals surface area contributed by atoms with Crippen LogP contribution in [0.3, 0.4) is 0 Å². The van der Waals surface area contributed by atoms with E-state index in [0.717, 1.165) is 5.69 Å². The molecule has 0 amide bonds. The lowest BCUT2D eigenvalue weighted by atomic mass is 10.1. The first-order valence-corrected chi connectivity index (χ1v) is 9.19. The fourth-order valence-corrected chi connectivity index (χ4v) is 3.15. The van der Waals surface area contributed by atoms with Gasteiger partial charge in [0.1, 0.15) is 5.52 Å². The second-order valence-electron chi connectivity index (χ2n) is 6.21. The molecule has 10 heteroatoms. The molecular formula is C20H19N7O3. The van der Waals surface area contributed by atoms with Crippen LogP contribution in [0.1, 0.15) is 6.92 Å². The van der Waals surface area contributed by atoms with Crippen LogP contribution in [0.4, 0.5) is 11.6 Å². The molecule has 0 unspecified atom stereocenters. The first kappa shape index (κ1) is 19.2. The first-order valence-electron chi connectivity index (χ1n) is 9.19. The molecule has 4 heterocycles. The number of nitrogens with one attached hydrogen (secondary N) is 1. The number of fused-ring (bicyclic) bond motifs is 1. The van der Waals surface area contributed by atoms with Crippen LogP contribution in [0.2, 0.25) is 0 Å². The molecule has 1 N–H and O–H groups in total. The van der Waals surface area contributed by atoms with Gasteiger partial charge in [-0.2, -0.15) is 4.98 Å². The van der Waals surface area contributed by atoms with Crippen LogP contribution in [-0.2, 0) is 6.54 Å². The predicted molar refractivity (Wildman–Crippen MR) is 111 cm³/mol. The van der Waals surface area contributed by atoms with Crippen LogP contribution in [0.25, 0.3) is 22.3 Å². The van der Waals surface area contributed by atoms with E-state index >= 15 is 0 Å². The highest BCUT2D eigenvalue weighted by molar-refractivity contribution is 5.81. The summed E-state index contributed by atoms with van der Waals surface area (Å²) in [7, 11) is 2.99. The smallest absolute Gasteiger partial charge is 0.260 e. The number of nitrogens with zero attached hydrogens (tertiary/aromatic N) is 6. The molecule has 10 nitrogen and oxygen atoms in total. The van der Waals surface area contributed by atoms with Crippen molar-refractivity contribution in [2.45, 2.75) is 13.5 Å². The monoisotopic (exact) mass is 405 g/mol. The molecule has 4 aromatic heterocycles. The maximum absolute atomic E-state index is 13.3. The highest BCUT2D eigenvalue weighted by Crippen LogP contribution is 2.35. The summed E-state index contributed by atoms with van der Waals surface area (Å²) in [5.74, 6) is 0.945. The van der Waals surface area contributed by atoms with Gasteiger partial charge in [-0.1, -0.05) is 0 Å². The maximum atomic E-state index is 13.3. The van der Waals surface area contributed by atoms with E-state index in [9.17, 15) is 4.79 Å². The molecule has 0 fully saturated rings. The normalized spacial score (nSPS) is 10.8. The summed E-state index contributed by atoms with van der Waals surface area (Å²) < 4.78 is 12.2. The number of hydrogen-bond donors (Lipinski definition) is 1. The molecule has 0 saturated carbocycles. The van der Waals surface area contributed by atoms with Crippen LogP contribution in [0.15, 0.2) is 47.7 Å². The molecule has 0 bridgehead atoms. The molecular weight excluding hydrogens is 386 g/mol. The van der Waals surface area contributed by atoms with E-state index < -0.39 is 0 Å². The molecule has 0 aliphatic carbocycles. The Morgan fingerprint density at radius 3 is 2.53 bits per heavy atom. The zero-order valence-corrected chi connectivity index (χ0v) is 16.7. The summed E-state index contributed by atoms with van der Waals surface area (Å²) >= 11 is 0. The molecule has 0 saturated heterocycles. The number of ether oxygens (including phenoxy) is 2. The van der Waals surface area contributed by atoms with Gasteiger partial charge in [-0.05, 0) is 31.2 Å². The van der Waals surface area contributed by atoms with E-state index in [4.69, 9.17) is 9.47 Å². The fourth-order valence-electron chi connectivity index (χ4n) is 3.15. The predicted octanol–water partition coefficient (Wildman–Crippen LogP) is 2.42. The van der Waals surface area contributed by atoms with Gasteiger partial charge in [-0.25, -0.2) is 4.98 Å². The van der Waals surface area contributed by atoms with Crippen molar-refractivity contribution >= 4 is 22.8 Å². The Hall–Kier alpha value is -4.08. The molecule has 0 aliphatic rings. The number of pyridine rings is 3. The van der Waals surface area contributed by atoms with Crippen molar-refractivity contribution in [2.75, 3.05) is 19.5 Å². The summed E-state index contributed by atoms with van der Waals surface area (Å²) in [4.78, 5) is 25.9. The number of aryl methyl sites for hydroxylation is 1. The lowest BCUT2D eigenvalue weighted by Crippen LogP contribution is -2.23. The number of aromatic nitrogens is 6. The molecule has 0 aromatic carbocycles. The molecule has 0 radical (unpaired) electrons. The minimum Gasteiger partial charge on any atom is -0.491 e. The minimum absolute atomic E-state index is 0.230. The SMILES string of the molecule is CCn1c(=O)c(-c2ccnc(OC)c2OC)cc2nnc(Nc3ccncc3)nc21. The number of anilines is 2. The van der Waals surface area contributed by atoms with Gasteiger partial charge in [-0.15, -0.1) is 10.2 Å². The maximum Gasteiger partial charge on any atom is 0.260 e. The van der Waals surface area contributed by atoms with E-state index in [1.54, 1.807) is 47.4 Å². The van der Waals surface area contributed by atoms with Gasteiger partial charge in [0.05, 0.1) is 19.8 Å². The largest absolute Gasteiger partial charge is 0.491 e. The Morgan fingerprint density at radius 2 is 1.83 bits per heavy atom. The first-order chi connectivity index (χ1) is 14.7. The van der Waals surface area contributed by atoms with E-state index in [1.807, 2.05) is 6.92 Å². The zero-order valence-electron chi connectivity index (χ0n) is 16.7. The van der Waals surface area contributed by atoms with Crippen molar-refractivity contribution in [2.24, 2.45) is 0 Å². The van der Waals surface area contributed by atoms with Crippen LogP contribution < -0.4 is 20.3 Å². The molecule has 0 spiro atoms. The number of hydrogen-bond acceptors (Lipinski definition) is 9. The van der Waals surface area contributed by atoms with Gasteiger partial charge in [0.2, 0.25) is 5.95 Å². The molecule has 4 aromatic rings. The van der Waals surface area contributed by atoms with Crippen molar-refractivity contribution in [3.63, 3.8) is 0 Å². The Kier molecular flexibility index (Phi) is 5.21. The number of methoxy groups -OCH3 is 2. The third-order valence-electron chi connectivity index (χ3n) is 4.52. The van der Waals surface area contributed by atoms with E-state index in [0.29, 0.717) is 40.5 Å². The Balaban J connectivity index is 1.88. The minimum atomic E-state index is -0.230. The van der Waals surface area contributed by atoms with Crippen LogP contribution >= 0.6 is 0 Å². The van der Waals surface area contributed by atoms with Crippen molar-refractivity contribution in [1.82, 2.24) is 29.7 Å². The van der Waals surface area contributed by atoms with Crippen molar-refractivity contribution in [3.05, 3.63) is 53.2 Å². The van der Waals surface area contributed by atoms with Gasteiger partial charge in [0.15, 0.2) is 11.4 Å². The van der Waals surface area contributed by atoms with E-state index in [1.165, 1.54) is 14.2 Å². The third-order valence-corrected chi connectivity index (χ3v) is 4.52. The third kappa shape index (κ3) is 3.39. The van der Waals surface area contributed by atoms with Crippen LogP contribution in [-0.4, -0.2) is 43.9 Å². The Morgan fingerprint density at radius 1 is 1.03 bits per heavy atom. The summed E-state index contributed by atoms with van der Waals surface area (Å²) in [6, 6.07) is 6.92. The van der Waals surface area contributed by atoms with Crippen molar-refractivity contribution in [1.29, 1.82) is 0 Å². The van der Waals surface area contributed by atoms with Gasteiger partial charge >= 0.3 is 0 Å². The average Bonchev–Trinajstić information content (AvgIpc) is 2.79. The molecule has 0 aliphatic heterocycles. The van der Waals surface area contributed by atoms with Crippen LogP contribution in [0, 0.1) is 0 Å². The van der Waals surface area contributed by atoms with Crippen molar-refractivity contribution < 1.29 is 9.47 Å². The standard InChI is InChI=1S/C20H19N7O3/c1-4-27-17-15(25-26-20(24-17)23-12-5-8-21-9-6-12)11-14(19(27)28)13-7-10-22-18(30-3)16(13)29-2/h5-11H,4H2,1-3H3,(H,21,23,24,26). The van der Waals surface area contributed by atoms with Crippen LogP contribution in [0.5, 0.6) is 11.6 Å². The second kappa shape index (κ2) is 8.11. The van der Waals surface area contributed by atoms with E-state index in [-0.39, 0.29) is 11.5 Å². The van der Waals surface area contributed by atoms with Gasteiger partial charge in [0.25, 0.3) is 11.4 Å². The fraction of sp³-hybridized carbons (Fsp3) is 0.200. The number of rotatable bonds is 6. The summed E-state index contributed by atoms with van der Waals surface area (Å²) in [6.07, 6.45) is 4.87. The Labute approximate surface area is 171 Å². The highest BCUT2D eigenvalue weighted by Gasteiger charge is 2.19. The average molecular weight is 405 g/mol. The van der Waals surface area contributed by atoms with Gasteiger partial charge in [-0.3, -0.25) is 14.3 Å². The summed E-state index contributed by atoms with van der Waals surface area (Å²) in [5, 5.41) is 11.5. The summed E-state index contributed by atoms with van der Waals surface area (Å²) in [6.45, 7) is 2.27. The summed E-state index contributed by atoms with van der Waals surface area (Å²) in [5.41, 5.74) is 2.39. The lowest BCUT2D eigenvalue weighted by molar-refractivity contribution is 0.344. The molecule has 152 valence electrons. The lowest BCUT2D eigenvalue weighted by Gasteiger charge is -2.14. The van der Waals surface area contributed by atoms with Gasteiger partial charge < -0.3 is 14.8 Å². The quantitative estimate of drug-likeness (QED) is 0.516. The highest BCUT2D eigenvalue weighted by atomic mass is 16.5. The topological polar surface area (TPSA) is 117 Å². The van der Waals surface area contributed by atoms with Crippen molar-refractivity contribution in [3.8, 4) is 22.8 Å².